The Morgan fingerprint density at radius 1 is 1.03 bits per heavy atom. The van der Waals surface area contributed by atoms with E-state index in [2.05, 4.69) is 0 Å². The van der Waals surface area contributed by atoms with Crippen LogP contribution in [0.5, 0.6) is 0 Å². The largest absolute Gasteiger partial charge is 0.457 e. The van der Waals surface area contributed by atoms with E-state index >= 15 is 0 Å². The number of rotatable bonds is 5. The van der Waals surface area contributed by atoms with Crippen molar-refractivity contribution in [1.29, 1.82) is 5.26 Å². The lowest BCUT2D eigenvalue weighted by molar-refractivity contribution is -0.123. The predicted octanol–water partition coefficient (Wildman–Crippen LogP) is 1.93. The molecule has 9 nitrogen and oxygen atoms in total. The zero-order chi connectivity index (χ0) is 26.9. The van der Waals surface area contributed by atoms with E-state index in [1.807, 2.05) is 12.1 Å². The molecule has 0 saturated carbocycles. The summed E-state index contributed by atoms with van der Waals surface area (Å²) < 4.78 is 30.9. The Morgan fingerprint density at radius 3 is 2.34 bits per heavy atom. The third-order valence-electron chi connectivity index (χ3n) is 6.14. The lowest BCUT2D eigenvalue weighted by Gasteiger charge is -2.14. The molecule has 1 aliphatic heterocycles. The lowest BCUT2D eigenvalue weighted by Crippen LogP contribution is -2.35. The van der Waals surface area contributed by atoms with Crippen LogP contribution in [0.25, 0.3) is 28.7 Å². The minimum Gasteiger partial charge on any atom is -0.457 e. The summed E-state index contributed by atoms with van der Waals surface area (Å²) in [5, 5.41) is 15.1. The second-order valence-electron chi connectivity index (χ2n) is 8.65. The number of likely N-dealkylation sites (tertiary alicyclic amines) is 1. The number of hydrogen-bond donors (Lipinski definition) is 1. The van der Waals surface area contributed by atoms with Gasteiger partial charge in [0.25, 0.3) is 11.5 Å². The first-order chi connectivity index (χ1) is 18.3. The van der Waals surface area contributed by atoms with Gasteiger partial charge in [-0.15, -0.1) is 11.3 Å². The number of carbonyl (C=O) groups is 1. The Hall–Kier alpha value is -4.24. The van der Waals surface area contributed by atoms with E-state index in [1.165, 1.54) is 16.7 Å². The Labute approximate surface area is 222 Å². The fourth-order valence-electron chi connectivity index (χ4n) is 4.25. The van der Waals surface area contributed by atoms with Crippen molar-refractivity contribution >= 4 is 38.9 Å². The molecule has 2 aromatic heterocycles. The summed E-state index contributed by atoms with van der Waals surface area (Å²) in [4.78, 5) is 28.3. The number of benzene rings is 2. The second kappa shape index (κ2) is 10.3. The molecular weight excluding hydrogens is 524 g/mol. The Balaban J connectivity index is 1.63. The van der Waals surface area contributed by atoms with Gasteiger partial charge >= 0.3 is 0 Å². The van der Waals surface area contributed by atoms with E-state index in [0.29, 0.717) is 35.9 Å². The van der Waals surface area contributed by atoms with Crippen LogP contribution in [-0.4, -0.2) is 36.9 Å². The number of furan rings is 1. The van der Waals surface area contributed by atoms with Crippen LogP contribution in [0, 0.1) is 11.3 Å². The number of nitrogens with zero attached hydrogens (tertiary/aromatic N) is 3. The molecule has 0 bridgehead atoms. The number of aromatic nitrogens is 1. The molecule has 1 aliphatic rings. The number of primary sulfonamides is 1. The molecule has 38 heavy (non-hydrogen) atoms. The number of sulfonamides is 1. The molecule has 0 unspecified atom stereocenters. The van der Waals surface area contributed by atoms with E-state index in [9.17, 15) is 23.3 Å². The third-order valence-corrected chi connectivity index (χ3v) is 8.16. The molecular formula is C27H22N4O5S2. The van der Waals surface area contributed by atoms with Crippen LogP contribution in [0.2, 0.25) is 0 Å². The lowest BCUT2D eigenvalue weighted by atomic mass is 10.2. The van der Waals surface area contributed by atoms with Crippen LogP contribution < -0.4 is 19.9 Å². The molecule has 192 valence electrons. The molecule has 3 heterocycles. The van der Waals surface area contributed by atoms with Crippen molar-refractivity contribution in [2.24, 2.45) is 5.14 Å². The molecule has 1 fully saturated rings. The highest BCUT2D eigenvalue weighted by atomic mass is 32.2. The number of hydrogen-bond acceptors (Lipinski definition) is 7. The second-order valence-corrected chi connectivity index (χ2v) is 11.2. The van der Waals surface area contributed by atoms with Crippen molar-refractivity contribution < 1.29 is 17.6 Å². The van der Waals surface area contributed by atoms with E-state index in [1.54, 1.807) is 59.5 Å². The molecule has 0 atom stereocenters. The monoisotopic (exact) mass is 546 g/mol. The minimum atomic E-state index is -3.81. The quantitative estimate of drug-likeness (QED) is 0.406. The van der Waals surface area contributed by atoms with Gasteiger partial charge in [0.2, 0.25) is 10.0 Å². The average molecular weight is 547 g/mol. The Bertz CT molecular complexity index is 1840. The number of para-hydroxylation sites is 1. The smallest absolute Gasteiger partial charge is 0.273 e. The van der Waals surface area contributed by atoms with Crippen molar-refractivity contribution in [3.63, 3.8) is 0 Å². The molecule has 4 aromatic rings. The minimum absolute atomic E-state index is 0.0137. The fraction of sp³-hybridized carbons (Fsp3) is 0.148. The van der Waals surface area contributed by atoms with Gasteiger partial charge in [-0.3, -0.25) is 14.2 Å². The van der Waals surface area contributed by atoms with Gasteiger partial charge in [0, 0.05) is 24.7 Å². The normalized spacial score (nSPS) is 14.9. The van der Waals surface area contributed by atoms with Gasteiger partial charge in [0.1, 0.15) is 22.3 Å². The number of nitriles is 1. The van der Waals surface area contributed by atoms with Crippen LogP contribution in [0.4, 0.5) is 0 Å². The zero-order valence-electron chi connectivity index (χ0n) is 20.0. The Kier molecular flexibility index (Phi) is 6.86. The van der Waals surface area contributed by atoms with Gasteiger partial charge in [-0.05, 0) is 61.4 Å². The molecule has 2 aromatic carbocycles. The maximum Gasteiger partial charge on any atom is 0.273 e. The first kappa shape index (κ1) is 25.4. The summed E-state index contributed by atoms with van der Waals surface area (Å²) in [6, 6.07) is 20.2. The standard InChI is InChI=1S/C27H22N4O5S2/c28-17-22(25(32)30-14-4-5-15-30)27-31(19-6-2-1-3-7-19)26(33)24(37-27)16-20-10-13-23(36-20)18-8-11-21(12-9-18)38(29,34)35/h1-3,6-13,16H,4-5,14-15H2,(H2,29,34,35)/b24-16-,27-22-. The molecule has 1 saturated heterocycles. The number of nitrogens with two attached hydrogens (primary N) is 1. The topological polar surface area (TPSA) is 139 Å². The van der Waals surface area contributed by atoms with Crippen molar-refractivity contribution in [2.75, 3.05) is 13.1 Å². The summed E-state index contributed by atoms with van der Waals surface area (Å²) in [5.74, 6) is 0.460. The van der Waals surface area contributed by atoms with Gasteiger partial charge in [-0.1, -0.05) is 18.2 Å². The summed E-state index contributed by atoms with van der Waals surface area (Å²) >= 11 is 1.05. The van der Waals surface area contributed by atoms with E-state index < -0.39 is 10.0 Å². The van der Waals surface area contributed by atoms with Crippen LogP contribution in [0.3, 0.4) is 0 Å². The van der Waals surface area contributed by atoms with Crippen molar-refractivity contribution in [2.45, 2.75) is 17.7 Å². The highest BCUT2D eigenvalue weighted by Crippen LogP contribution is 2.24. The summed E-state index contributed by atoms with van der Waals surface area (Å²) in [6.45, 7) is 1.16. The van der Waals surface area contributed by atoms with Gasteiger partial charge in [0.05, 0.1) is 15.1 Å². The highest BCUT2D eigenvalue weighted by Gasteiger charge is 2.24. The Morgan fingerprint density at radius 2 is 1.71 bits per heavy atom. The maximum atomic E-state index is 13.6. The SMILES string of the molecule is N#C/C(C(=O)N1CCCC1)=c1/s/c(=C\c2ccc(-c3ccc(S(N)(=O)=O)cc3)o2)c(=O)n1-c1ccccc1. The average Bonchev–Trinajstić information content (AvgIpc) is 3.67. The third kappa shape index (κ3) is 4.97. The summed E-state index contributed by atoms with van der Waals surface area (Å²) in [6.07, 6.45) is 3.32. The fourth-order valence-corrected chi connectivity index (χ4v) is 5.84. The van der Waals surface area contributed by atoms with Gasteiger partial charge in [0.15, 0.2) is 5.57 Å². The number of carbonyl (C=O) groups excluding carboxylic acids is 1. The molecule has 0 radical (unpaired) electrons. The number of thiazole rings is 1. The molecule has 1 amide bonds. The summed E-state index contributed by atoms with van der Waals surface area (Å²) in [5.41, 5.74) is 0.712. The van der Waals surface area contributed by atoms with Crippen LogP contribution >= 0.6 is 11.3 Å². The molecule has 0 spiro atoms. The zero-order valence-corrected chi connectivity index (χ0v) is 21.7. The van der Waals surface area contributed by atoms with Crippen molar-refractivity contribution in [3.05, 3.63) is 92.0 Å². The van der Waals surface area contributed by atoms with Crippen LogP contribution in [0.15, 0.2) is 80.8 Å². The molecule has 5 rings (SSSR count). The van der Waals surface area contributed by atoms with E-state index in [0.717, 1.165) is 24.2 Å². The van der Waals surface area contributed by atoms with Gasteiger partial charge in [-0.2, -0.15) is 5.26 Å². The number of amides is 1. The van der Waals surface area contributed by atoms with Gasteiger partial charge in [-0.25, -0.2) is 13.6 Å². The molecule has 0 aliphatic carbocycles. The maximum absolute atomic E-state index is 13.6. The van der Waals surface area contributed by atoms with Gasteiger partial charge < -0.3 is 9.32 Å². The first-order valence-electron chi connectivity index (χ1n) is 11.7. The van der Waals surface area contributed by atoms with Crippen LogP contribution in [-0.2, 0) is 14.8 Å². The van der Waals surface area contributed by atoms with E-state index in [-0.39, 0.29) is 31.1 Å². The predicted molar refractivity (Wildman–Crippen MR) is 143 cm³/mol. The van der Waals surface area contributed by atoms with Crippen molar-refractivity contribution in [3.8, 4) is 23.1 Å². The van der Waals surface area contributed by atoms with Crippen LogP contribution in [0.1, 0.15) is 18.6 Å². The first-order valence-corrected chi connectivity index (χ1v) is 14.1. The summed E-state index contributed by atoms with van der Waals surface area (Å²) in [7, 11) is -3.81. The van der Waals surface area contributed by atoms with Crippen molar-refractivity contribution in [1.82, 2.24) is 9.47 Å². The van der Waals surface area contributed by atoms with E-state index in [4.69, 9.17) is 9.56 Å². The molecule has 2 N–H and O–H groups in total. The highest BCUT2D eigenvalue weighted by molar-refractivity contribution is 7.89. The molecule has 11 heteroatoms.